The van der Waals surface area contributed by atoms with E-state index in [0.29, 0.717) is 30.1 Å². The van der Waals surface area contributed by atoms with Gasteiger partial charge >= 0.3 is 0 Å². The number of hydrogen-bond acceptors (Lipinski definition) is 6. The van der Waals surface area contributed by atoms with Gasteiger partial charge in [0.15, 0.2) is 5.76 Å². The predicted octanol–water partition coefficient (Wildman–Crippen LogP) is 5.00. The maximum atomic E-state index is 12.8. The van der Waals surface area contributed by atoms with Crippen molar-refractivity contribution < 1.29 is 18.7 Å². The Morgan fingerprint density at radius 2 is 1.85 bits per heavy atom. The molecule has 1 amide bonds. The van der Waals surface area contributed by atoms with Crippen molar-refractivity contribution in [3.63, 3.8) is 0 Å². The second-order valence-electron chi connectivity index (χ2n) is 9.78. The van der Waals surface area contributed by atoms with Gasteiger partial charge in [-0.05, 0) is 68.6 Å². The molecule has 0 spiro atoms. The number of benzene rings is 1. The number of aliphatic hydroxyl groups is 1. The summed E-state index contributed by atoms with van der Waals surface area (Å²) in [6.07, 6.45) is 2.43. The number of thioether (sulfide) groups is 1. The highest BCUT2D eigenvalue weighted by Crippen LogP contribution is 2.35. The van der Waals surface area contributed by atoms with Gasteiger partial charge < -0.3 is 23.7 Å². The summed E-state index contributed by atoms with van der Waals surface area (Å²) in [6.45, 7) is 8.44. The molecule has 34 heavy (non-hydrogen) atoms. The van der Waals surface area contributed by atoms with Crippen molar-refractivity contribution in [2.45, 2.75) is 44.6 Å². The molecule has 4 heterocycles. The van der Waals surface area contributed by atoms with Crippen LogP contribution in [0, 0.1) is 6.92 Å². The average Bonchev–Trinajstić information content (AvgIpc) is 3.49. The molecular weight excluding hydrogens is 448 g/mol. The fraction of sp³-hybridized carbons (Fsp3) is 0.519. The number of aryl methyl sites for hydroxylation is 1. The van der Waals surface area contributed by atoms with Crippen molar-refractivity contribution in [2.24, 2.45) is 0 Å². The molecule has 2 saturated heterocycles. The lowest BCUT2D eigenvalue weighted by atomic mass is 9.84. The number of nitrogens with zero attached hydrogens (tertiary/aromatic N) is 2. The van der Waals surface area contributed by atoms with Crippen LogP contribution in [0.25, 0.3) is 11.0 Å². The van der Waals surface area contributed by atoms with Crippen LogP contribution in [0.5, 0.6) is 0 Å². The average molecular weight is 483 g/mol. The van der Waals surface area contributed by atoms with Gasteiger partial charge in [-0.1, -0.05) is 13.0 Å². The van der Waals surface area contributed by atoms with Gasteiger partial charge in [0.05, 0.1) is 5.60 Å². The fourth-order valence-electron chi connectivity index (χ4n) is 5.03. The second-order valence-corrected chi connectivity index (χ2v) is 11.0. The third-order valence-corrected chi connectivity index (χ3v) is 8.31. The molecule has 2 fully saturated rings. The molecule has 0 aliphatic carbocycles. The molecular formula is C27H34N2O4S. The summed E-state index contributed by atoms with van der Waals surface area (Å²) in [5.74, 6) is 4.70. The molecule has 3 aromatic rings. The first kappa shape index (κ1) is 23.5. The van der Waals surface area contributed by atoms with E-state index >= 15 is 0 Å². The van der Waals surface area contributed by atoms with Crippen LogP contribution in [0.2, 0.25) is 0 Å². The van der Waals surface area contributed by atoms with E-state index in [1.165, 1.54) is 0 Å². The number of carbonyl (C=O) groups excluding carboxylic acids is 1. The van der Waals surface area contributed by atoms with E-state index < -0.39 is 5.60 Å². The molecule has 1 unspecified atom stereocenters. The molecule has 5 rings (SSSR count). The van der Waals surface area contributed by atoms with Gasteiger partial charge in [-0.2, -0.15) is 11.8 Å². The Morgan fingerprint density at radius 1 is 1.09 bits per heavy atom. The molecule has 7 heteroatoms. The zero-order valence-electron chi connectivity index (χ0n) is 20.1. The van der Waals surface area contributed by atoms with Gasteiger partial charge in [0.2, 0.25) is 0 Å². The van der Waals surface area contributed by atoms with E-state index in [1.54, 1.807) is 0 Å². The summed E-state index contributed by atoms with van der Waals surface area (Å²) in [6, 6.07) is 11.8. The maximum Gasteiger partial charge on any atom is 0.289 e. The summed E-state index contributed by atoms with van der Waals surface area (Å²) >= 11 is 1.88. The predicted molar refractivity (Wildman–Crippen MR) is 135 cm³/mol. The first-order valence-electron chi connectivity index (χ1n) is 12.3. The highest BCUT2D eigenvalue weighted by molar-refractivity contribution is 7.99. The zero-order chi connectivity index (χ0) is 23.7. The van der Waals surface area contributed by atoms with E-state index in [0.717, 1.165) is 73.1 Å². The lowest BCUT2D eigenvalue weighted by Crippen LogP contribution is -2.43. The summed E-state index contributed by atoms with van der Waals surface area (Å²) in [5.41, 5.74) is 0.759. The summed E-state index contributed by atoms with van der Waals surface area (Å²) in [4.78, 5) is 17.1. The number of amides is 1. The Bertz CT molecular complexity index is 1140. The number of rotatable bonds is 6. The van der Waals surface area contributed by atoms with Crippen LogP contribution in [-0.2, 0) is 5.60 Å². The van der Waals surface area contributed by atoms with Crippen LogP contribution < -0.4 is 0 Å². The largest absolute Gasteiger partial charge is 0.466 e. The van der Waals surface area contributed by atoms with Gasteiger partial charge in [0.1, 0.15) is 17.1 Å². The topological polar surface area (TPSA) is 70.1 Å². The van der Waals surface area contributed by atoms with Crippen molar-refractivity contribution in [3.8, 4) is 0 Å². The second kappa shape index (κ2) is 9.80. The third-order valence-electron chi connectivity index (χ3n) is 7.37. The first-order chi connectivity index (χ1) is 16.4. The Hall–Kier alpha value is -2.22. The fourth-order valence-corrected chi connectivity index (χ4v) is 5.94. The lowest BCUT2D eigenvalue weighted by Gasteiger charge is -2.38. The van der Waals surface area contributed by atoms with E-state index in [4.69, 9.17) is 8.83 Å². The van der Waals surface area contributed by atoms with Crippen molar-refractivity contribution >= 4 is 28.6 Å². The normalized spacial score (nSPS) is 20.0. The van der Waals surface area contributed by atoms with Gasteiger partial charge in [0, 0.05) is 49.0 Å². The zero-order valence-corrected chi connectivity index (χ0v) is 20.9. The highest BCUT2D eigenvalue weighted by atomic mass is 32.2. The standard InChI is InChI=1S/C27H34N2O4S/c1-19(23-5-3-20(2)32-23)7-10-28-11-8-27(31,9-12-28)22-4-6-24-21(17-22)18-25(33-24)26(30)29-13-15-34-16-14-29/h3-6,17-19,31H,7-16H2,1-2H3. The van der Waals surface area contributed by atoms with E-state index in [-0.39, 0.29) is 5.91 Å². The van der Waals surface area contributed by atoms with Gasteiger partial charge in [-0.3, -0.25) is 4.79 Å². The molecule has 2 aliphatic rings. The van der Waals surface area contributed by atoms with E-state index in [2.05, 4.69) is 17.9 Å². The van der Waals surface area contributed by atoms with Gasteiger partial charge in [0.25, 0.3) is 5.91 Å². The van der Waals surface area contributed by atoms with Crippen LogP contribution in [-0.4, -0.2) is 65.0 Å². The summed E-state index contributed by atoms with van der Waals surface area (Å²) in [7, 11) is 0. The number of piperidine rings is 1. The minimum atomic E-state index is -0.847. The monoisotopic (exact) mass is 482 g/mol. The van der Waals surface area contributed by atoms with E-state index in [9.17, 15) is 9.90 Å². The molecule has 2 aliphatic heterocycles. The van der Waals surface area contributed by atoms with Crippen LogP contribution in [0.4, 0.5) is 0 Å². The number of furan rings is 2. The Morgan fingerprint density at radius 3 is 2.56 bits per heavy atom. The Balaban J connectivity index is 1.21. The lowest BCUT2D eigenvalue weighted by molar-refractivity contribution is -0.0262. The van der Waals surface area contributed by atoms with Gasteiger partial charge in [-0.15, -0.1) is 0 Å². The van der Waals surface area contributed by atoms with Crippen LogP contribution in [0.1, 0.15) is 59.7 Å². The maximum absolute atomic E-state index is 12.8. The van der Waals surface area contributed by atoms with Crippen molar-refractivity contribution in [2.75, 3.05) is 44.2 Å². The molecule has 0 bridgehead atoms. The number of carbonyl (C=O) groups is 1. The van der Waals surface area contributed by atoms with Crippen molar-refractivity contribution in [3.05, 3.63) is 59.2 Å². The number of hydrogen-bond donors (Lipinski definition) is 1. The number of fused-ring (bicyclic) bond motifs is 1. The van der Waals surface area contributed by atoms with Crippen molar-refractivity contribution in [1.82, 2.24) is 9.80 Å². The molecule has 1 N–H and O–H groups in total. The smallest absolute Gasteiger partial charge is 0.289 e. The molecule has 0 saturated carbocycles. The van der Waals surface area contributed by atoms with Crippen LogP contribution in [0.15, 0.2) is 45.2 Å². The van der Waals surface area contributed by atoms with Crippen LogP contribution >= 0.6 is 11.8 Å². The molecule has 6 nitrogen and oxygen atoms in total. The van der Waals surface area contributed by atoms with Crippen molar-refractivity contribution in [1.29, 1.82) is 0 Å². The molecule has 0 radical (unpaired) electrons. The number of likely N-dealkylation sites (tertiary alicyclic amines) is 1. The van der Waals surface area contributed by atoms with Gasteiger partial charge in [-0.25, -0.2) is 0 Å². The Labute approximate surface area is 205 Å². The minimum Gasteiger partial charge on any atom is -0.466 e. The quantitative estimate of drug-likeness (QED) is 0.533. The molecule has 1 aromatic carbocycles. The molecule has 1 atom stereocenters. The Kier molecular flexibility index (Phi) is 6.78. The van der Waals surface area contributed by atoms with Crippen LogP contribution in [0.3, 0.4) is 0 Å². The highest BCUT2D eigenvalue weighted by Gasteiger charge is 2.34. The third kappa shape index (κ3) is 4.92. The minimum absolute atomic E-state index is 0.0380. The van der Waals surface area contributed by atoms with E-state index in [1.807, 2.05) is 53.9 Å². The SMILES string of the molecule is Cc1ccc(C(C)CCN2CCC(O)(c3ccc4oc(C(=O)N5CCSCC5)cc4c3)CC2)o1. The summed E-state index contributed by atoms with van der Waals surface area (Å²) in [5, 5.41) is 12.3. The molecule has 182 valence electrons. The summed E-state index contributed by atoms with van der Waals surface area (Å²) < 4.78 is 11.6. The molecule has 2 aromatic heterocycles. The first-order valence-corrected chi connectivity index (χ1v) is 13.5.